The van der Waals surface area contributed by atoms with Crippen LogP contribution in [0.3, 0.4) is 0 Å². The van der Waals surface area contributed by atoms with Crippen molar-refractivity contribution in [2.24, 2.45) is 5.92 Å². The maximum atomic E-state index is 6.39. The number of hydrogen-bond acceptors (Lipinski definition) is 2. The highest BCUT2D eigenvalue weighted by atomic mass is 16.5. The van der Waals surface area contributed by atoms with E-state index in [1.807, 2.05) is 0 Å². The molecule has 3 atom stereocenters. The molecule has 1 aromatic rings. The number of benzene rings is 1. The number of hydrogen-bond donors (Lipinski definition) is 1. The molecule has 1 fully saturated rings. The molecule has 0 bridgehead atoms. The van der Waals surface area contributed by atoms with Gasteiger partial charge in [-0.25, -0.2) is 0 Å². The Bertz CT molecular complexity index is 431. The van der Waals surface area contributed by atoms with Crippen molar-refractivity contribution in [2.45, 2.75) is 51.2 Å². The number of nitrogens with one attached hydrogen (secondary N) is 1. The summed E-state index contributed by atoms with van der Waals surface area (Å²) >= 11 is 0. The predicted molar refractivity (Wildman–Crippen MR) is 73.9 cm³/mol. The molecule has 1 heterocycles. The summed E-state index contributed by atoms with van der Waals surface area (Å²) in [6, 6.07) is 8.99. The van der Waals surface area contributed by atoms with Gasteiger partial charge in [0, 0.05) is 18.0 Å². The summed E-state index contributed by atoms with van der Waals surface area (Å²) in [6.07, 6.45) is 4.86. The van der Waals surface area contributed by atoms with E-state index < -0.39 is 0 Å². The molecule has 2 heteroatoms. The van der Waals surface area contributed by atoms with Gasteiger partial charge in [0.05, 0.1) is 0 Å². The lowest BCUT2D eigenvalue weighted by atomic mass is 9.85. The molecule has 2 aliphatic rings. The third-order valence-electron chi connectivity index (χ3n) is 4.46. The van der Waals surface area contributed by atoms with Gasteiger partial charge in [-0.2, -0.15) is 0 Å². The average Bonchev–Trinajstić information content (AvgIpc) is 2.70. The lowest BCUT2D eigenvalue weighted by molar-refractivity contribution is 0.0339. The van der Waals surface area contributed by atoms with Crippen molar-refractivity contribution < 1.29 is 4.74 Å². The van der Waals surface area contributed by atoms with Crippen molar-refractivity contribution >= 4 is 0 Å². The maximum Gasteiger partial charge on any atom is 0.124 e. The van der Waals surface area contributed by atoms with Crippen LogP contribution in [0.2, 0.25) is 0 Å². The second-order valence-corrected chi connectivity index (χ2v) is 5.99. The Hall–Kier alpha value is -1.02. The highest BCUT2D eigenvalue weighted by molar-refractivity contribution is 5.39. The van der Waals surface area contributed by atoms with E-state index in [-0.39, 0.29) is 5.60 Å². The van der Waals surface area contributed by atoms with Crippen LogP contribution in [-0.2, 0) is 0 Å². The van der Waals surface area contributed by atoms with Gasteiger partial charge < -0.3 is 10.1 Å². The Morgan fingerprint density at radius 3 is 2.89 bits per heavy atom. The summed E-state index contributed by atoms with van der Waals surface area (Å²) in [5, 5.41) is 3.63. The Morgan fingerprint density at radius 2 is 2.17 bits per heavy atom. The van der Waals surface area contributed by atoms with Gasteiger partial charge in [-0.15, -0.1) is 0 Å². The van der Waals surface area contributed by atoms with E-state index >= 15 is 0 Å². The molecular weight excluding hydrogens is 222 g/mol. The minimum atomic E-state index is 0.0978. The first-order valence-corrected chi connectivity index (χ1v) is 7.24. The van der Waals surface area contributed by atoms with Crippen LogP contribution < -0.4 is 10.1 Å². The minimum Gasteiger partial charge on any atom is -0.487 e. The summed E-state index contributed by atoms with van der Waals surface area (Å²) in [5.41, 5.74) is 1.44. The summed E-state index contributed by atoms with van der Waals surface area (Å²) in [6.45, 7) is 5.55. The van der Waals surface area contributed by atoms with E-state index in [1.165, 1.54) is 24.8 Å². The third kappa shape index (κ3) is 2.03. The van der Waals surface area contributed by atoms with Crippen LogP contribution in [0.5, 0.6) is 5.75 Å². The van der Waals surface area contributed by atoms with Crippen LogP contribution in [-0.4, -0.2) is 12.1 Å². The average molecular weight is 245 g/mol. The van der Waals surface area contributed by atoms with Gasteiger partial charge in [-0.05, 0) is 37.8 Å². The molecule has 0 radical (unpaired) electrons. The van der Waals surface area contributed by atoms with Crippen molar-refractivity contribution in [3.8, 4) is 5.75 Å². The second-order valence-electron chi connectivity index (χ2n) is 5.99. The monoisotopic (exact) mass is 245 g/mol. The summed E-state index contributed by atoms with van der Waals surface area (Å²) in [7, 11) is 0. The molecule has 1 aromatic carbocycles. The fourth-order valence-corrected chi connectivity index (χ4v) is 3.67. The minimum absolute atomic E-state index is 0.0978. The Kier molecular flexibility index (Phi) is 3.06. The molecule has 1 aliphatic heterocycles. The molecule has 0 amide bonds. The molecule has 1 spiro atoms. The van der Waals surface area contributed by atoms with Gasteiger partial charge >= 0.3 is 0 Å². The van der Waals surface area contributed by atoms with E-state index in [9.17, 15) is 0 Å². The van der Waals surface area contributed by atoms with Gasteiger partial charge in [-0.1, -0.05) is 32.0 Å². The molecule has 98 valence electrons. The molecule has 1 saturated carbocycles. The van der Waals surface area contributed by atoms with Crippen LogP contribution in [0.25, 0.3) is 0 Å². The van der Waals surface area contributed by atoms with Crippen LogP contribution in [0.15, 0.2) is 24.3 Å². The van der Waals surface area contributed by atoms with Crippen molar-refractivity contribution in [1.29, 1.82) is 0 Å². The summed E-state index contributed by atoms with van der Waals surface area (Å²) < 4.78 is 6.39. The molecule has 3 rings (SSSR count). The number of para-hydroxylation sites is 1. The van der Waals surface area contributed by atoms with E-state index in [2.05, 4.69) is 43.4 Å². The van der Waals surface area contributed by atoms with E-state index in [0.717, 1.165) is 24.6 Å². The van der Waals surface area contributed by atoms with Crippen molar-refractivity contribution in [3.05, 3.63) is 29.8 Å². The van der Waals surface area contributed by atoms with E-state index in [0.29, 0.717) is 6.04 Å². The van der Waals surface area contributed by atoms with E-state index in [4.69, 9.17) is 4.74 Å². The Balaban J connectivity index is 1.92. The molecule has 18 heavy (non-hydrogen) atoms. The standard InChI is InChI=1S/C16H23NO/c1-3-17-14-11-16(9-8-12(2)10-16)18-15-7-5-4-6-13(14)15/h4-7,12,14,17H,3,8-11H2,1-2H3. The van der Waals surface area contributed by atoms with Gasteiger partial charge in [0.15, 0.2) is 0 Å². The first-order valence-electron chi connectivity index (χ1n) is 7.24. The second kappa shape index (κ2) is 4.58. The van der Waals surface area contributed by atoms with Crippen LogP contribution in [0.4, 0.5) is 0 Å². The number of fused-ring (bicyclic) bond motifs is 1. The molecule has 3 unspecified atom stereocenters. The normalized spacial score (nSPS) is 34.3. The lowest BCUT2D eigenvalue weighted by Crippen LogP contribution is -2.42. The summed E-state index contributed by atoms with van der Waals surface area (Å²) in [4.78, 5) is 0. The van der Waals surface area contributed by atoms with Crippen molar-refractivity contribution in [1.82, 2.24) is 5.32 Å². The SMILES string of the molecule is CCNC1CC2(CCC(C)C2)Oc2ccccc21. The van der Waals surface area contributed by atoms with E-state index in [1.54, 1.807) is 0 Å². The van der Waals surface area contributed by atoms with Crippen LogP contribution in [0.1, 0.15) is 51.1 Å². The molecule has 1 aliphatic carbocycles. The fraction of sp³-hybridized carbons (Fsp3) is 0.625. The van der Waals surface area contributed by atoms with Gasteiger partial charge in [0.25, 0.3) is 0 Å². The molecule has 1 N–H and O–H groups in total. The number of rotatable bonds is 2. The first kappa shape index (κ1) is 12.0. The lowest BCUT2D eigenvalue weighted by Gasteiger charge is -2.40. The van der Waals surface area contributed by atoms with Crippen LogP contribution >= 0.6 is 0 Å². The Labute approximate surface area is 110 Å². The van der Waals surface area contributed by atoms with Crippen molar-refractivity contribution in [2.75, 3.05) is 6.54 Å². The zero-order valence-electron chi connectivity index (χ0n) is 11.4. The predicted octanol–water partition coefficient (Wildman–Crippen LogP) is 3.68. The van der Waals surface area contributed by atoms with Gasteiger partial charge in [0.1, 0.15) is 11.4 Å². The number of ether oxygens (including phenoxy) is 1. The highest BCUT2D eigenvalue weighted by Crippen LogP contribution is 2.48. The topological polar surface area (TPSA) is 21.3 Å². The third-order valence-corrected chi connectivity index (χ3v) is 4.46. The van der Waals surface area contributed by atoms with Crippen LogP contribution in [0, 0.1) is 5.92 Å². The largest absolute Gasteiger partial charge is 0.487 e. The first-order chi connectivity index (χ1) is 8.72. The maximum absolute atomic E-state index is 6.39. The molecule has 2 nitrogen and oxygen atoms in total. The zero-order valence-corrected chi connectivity index (χ0v) is 11.4. The van der Waals surface area contributed by atoms with Gasteiger partial charge in [-0.3, -0.25) is 0 Å². The smallest absolute Gasteiger partial charge is 0.124 e. The molecular formula is C16H23NO. The molecule has 0 saturated heterocycles. The molecule has 0 aromatic heterocycles. The fourth-order valence-electron chi connectivity index (χ4n) is 3.67. The Morgan fingerprint density at radius 1 is 1.33 bits per heavy atom. The zero-order chi connectivity index (χ0) is 12.6. The summed E-state index contributed by atoms with van der Waals surface area (Å²) in [5.74, 6) is 1.90. The highest BCUT2D eigenvalue weighted by Gasteiger charge is 2.44. The quantitative estimate of drug-likeness (QED) is 0.858. The van der Waals surface area contributed by atoms with Gasteiger partial charge in [0.2, 0.25) is 0 Å². The van der Waals surface area contributed by atoms with Crippen molar-refractivity contribution in [3.63, 3.8) is 0 Å².